The van der Waals surface area contributed by atoms with Gasteiger partial charge in [0.1, 0.15) is 17.9 Å². The minimum Gasteiger partial charge on any atom is -0.494 e. The largest absolute Gasteiger partial charge is 0.494 e. The van der Waals surface area contributed by atoms with E-state index in [1.54, 1.807) is 12.1 Å². The molecular formula is C22H23F3N4O2. The van der Waals surface area contributed by atoms with Crippen LogP contribution in [0.3, 0.4) is 0 Å². The molecule has 0 atom stereocenters. The van der Waals surface area contributed by atoms with Gasteiger partial charge in [-0.15, -0.1) is 0 Å². The number of carbonyl (C=O) groups is 1. The summed E-state index contributed by atoms with van der Waals surface area (Å²) in [6, 6.07) is 8.14. The molecule has 0 bridgehead atoms. The molecule has 3 rings (SSSR count). The molecule has 164 valence electrons. The second-order valence-corrected chi connectivity index (χ2v) is 7.06. The van der Waals surface area contributed by atoms with Gasteiger partial charge in [-0.25, -0.2) is 9.97 Å². The molecule has 0 spiro atoms. The van der Waals surface area contributed by atoms with Crippen LogP contribution in [-0.4, -0.2) is 22.5 Å². The quantitative estimate of drug-likeness (QED) is 0.468. The van der Waals surface area contributed by atoms with Crippen molar-refractivity contribution in [2.75, 3.05) is 11.9 Å². The van der Waals surface area contributed by atoms with E-state index in [1.807, 2.05) is 0 Å². The van der Waals surface area contributed by atoms with Crippen molar-refractivity contribution in [3.63, 3.8) is 0 Å². The van der Waals surface area contributed by atoms with E-state index in [0.717, 1.165) is 31.4 Å². The zero-order chi connectivity index (χ0) is 22.4. The topological polar surface area (TPSA) is 90.1 Å². The van der Waals surface area contributed by atoms with E-state index in [2.05, 4.69) is 22.2 Å². The molecular weight excluding hydrogens is 409 g/mol. The first-order valence-electron chi connectivity index (χ1n) is 9.91. The van der Waals surface area contributed by atoms with Crippen LogP contribution in [0.2, 0.25) is 0 Å². The van der Waals surface area contributed by atoms with Gasteiger partial charge in [-0.05, 0) is 36.2 Å². The Morgan fingerprint density at radius 2 is 1.87 bits per heavy atom. The highest BCUT2D eigenvalue weighted by Crippen LogP contribution is 2.30. The van der Waals surface area contributed by atoms with Gasteiger partial charge in [-0.2, -0.15) is 13.2 Å². The van der Waals surface area contributed by atoms with Crippen LogP contribution in [0, 0.1) is 0 Å². The molecule has 0 fully saturated rings. The van der Waals surface area contributed by atoms with Crippen molar-refractivity contribution in [3.05, 3.63) is 59.4 Å². The molecule has 0 saturated heterocycles. The van der Waals surface area contributed by atoms with Gasteiger partial charge >= 0.3 is 6.18 Å². The Morgan fingerprint density at radius 3 is 2.52 bits per heavy atom. The molecule has 2 aromatic carbocycles. The van der Waals surface area contributed by atoms with Crippen LogP contribution in [0.25, 0.3) is 10.9 Å². The third kappa shape index (κ3) is 5.62. The summed E-state index contributed by atoms with van der Waals surface area (Å²) in [6.07, 6.45) is -0.122. The standard InChI is InChI=1S/C22H23F3N4O2/c1-2-3-4-9-31-16-10-17(20(26)30)19-18(11-16)21(29-13-28-19)27-12-14-5-7-15(8-6-14)22(23,24)25/h5-8,10-11,13H,2-4,9,12H2,1H3,(H2,26,30)(H,27,28,29). The summed E-state index contributed by atoms with van der Waals surface area (Å²) in [7, 11) is 0. The van der Waals surface area contributed by atoms with Gasteiger partial charge in [0.25, 0.3) is 5.91 Å². The van der Waals surface area contributed by atoms with E-state index in [4.69, 9.17) is 10.5 Å². The minimum absolute atomic E-state index is 0.211. The molecule has 31 heavy (non-hydrogen) atoms. The number of hydrogen-bond donors (Lipinski definition) is 2. The van der Waals surface area contributed by atoms with Crippen LogP contribution in [0.4, 0.5) is 19.0 Å². The van der Waals surface area contributed by atoms with Crippen molar-refractivity contribution in [1.82, 2.24) is 9.97 Å². The highest BCUT2D eigenvalue weighted by Gasteiger charge is 2.29. The average Bonchev–Trinajstić information content (AvgIpc) is 2.74. The number of nitrogens with two attached hydrogens (primary N) is 1. The number of halogens is 3. The van der Waals surface area contributed by atoms with Gasteiger partial charge in [0.2, 0.25) is 0 Å². The molecule has 3 aromatic rings. The molecule has 6 nitrogen and oxygen atoms in total. The minimum atomic E-state index is -4.38. The predicted octanol–water partition coefficient (Wildman–Crippen LogP) is 4.93. The lowest BCUT2D eigenvalue weighted by atomic mass is 10.1. The second-order valence-electron chi connectivity index (χ2n) is 7.06. The number of anilines is 1. The molecule has 1 amide bonds. The summed E-state index contributed by atoms with van der Waals surface area (Å²) in [5.41, 5.74) is 6.04. The number of nitrogens with zero attached hydrogens (tertiary/aromatic N) is 2. The van der Waals surface area contributed by atoms with E-state index in [9.17, 15) is 18.0 Å². The molecule has 0 unspecified atom stereocenters. The van der Waals surface area contributed by atoms with Crippen LogP contribution in [0.5, 0.6) is 5.75 Å². The van der Waals surface area contributed by atoms with Crippen molar-refractivity contribution in [2.45, 2.75) is 38.9 Å². The molecule has 0 aliphatic rings. The van der Waals surface area contributed by atoms with E-state index < -0.39 is 17.6 Å². The number of alkyl halides is 3. The molecule has 0 radical (unpaired) electrons. The zero-order valence-corrected chi connectivity index (χ0v) is 17.0. The summed E-state index contributed by atoms with van der Waals surface area (Å²) in [6.45, 7) is 2.82. The van der Waals surface area contributed by atoms with Crippen molar-refractivity contribution < 1.29 is 22.7 Å². The zero-order valence-electron chi connectivity index (χ0n) is 17.0. The lowest BCUT2D eigenvalue weighted by Gasteiger charge is -2.13. The Bertz CT molecular complexity index is 1050. The van der Waals surface area contributed by atoms with Crippen LogP contribution in [0.15, 0.2) is 42.7 Å². The maximum Gasteiger partial charge on any atom is 0.416 e. The normalized spacial score (nSPS) is 11.5. The fourth-order valence-electron chi connectivity index (χ4n) is 3.09. The first-order chi connectivity index (χ1) is 14.8. The van der Waals surface area contributed by atoms with Crippen LogP contribution in [-0.2, 0) is 12.7 Å². The summed E-state index contributed by atoms with van der Waals surface area (Å²) >= 11 is 0. The second kappa shape index (κ2) is 9.63. The maximum atomic E-state index is 12.7. The number of primary amides is 1. The first kappa shape index (κ1) is 22.3. The number of amides is 1. The van der Waals surface area contributed by atoms with Gasteiger partial charge in [0.05, 0.1) is 23.3 Å². The number of unbranched alkanes of at least 4 members (excludes halogenated alkanes) is 2. The highest BCUT2D eigenvalue weighted by molar-refractivity contribution is 6.07. The molecule has 0 aliphatic carbocycles. The average molecular weight is 432 g/mol. The SMILES string of the molecule is CCCCCOc1cc(C(N)=O)c2ncnc(NCc3ccc(C(F)(F)F)cc3)c2c1. The molecule has 3 N–H and O–H groups in total. The number of aromatic nitrogens is 2. The number of ether oxygens (including phenoxy) is 1. The number of carbonyl (C=O) groups excluding carboxylic acids is 1. The van der Waals surface area contributed by atoms with Crippen molar-refractivity contribution >= 4 is 22.6 Å². The summed E-state index contributed by atoms with van der Waals surface area (Å²) in [5.74, 6) is 0.257. The molecule has 0 aliphatic heterocycles. The van der Waals surface area contributed by atoms with Gasteiger partial charge in [-0.3, -0.25) is 4.79 Å². The summed E-state index contributed by atoms with van der Waals surface area (Å²) < 4.78 is 44.0. The van der Waals surface area contributed by atoms with Gasteiger partial charge in [0.15, 0.2) is 0 Å². The summed E-state index contributed by atoms with van der Waals surface area (Å²) in [4.78, 5) is 20.3. The fourth-order valence-corrected chi connectivity index (χ4v) is 3.09. The smallest absolute Gasteiger partial charge is 0.416 e. The van der Waals surface area contributed by atoms with Crippen molar-refractivity contribution in [1.29, 1.82) is 0 Å². The van der Waals surface area contributed by atoms with Crippen LogP contribution < -0.4 is 15.8 Å². The number of hydrogen-bond acceptors (Lipinski definition) is 5. The lowest BCUT2D eigenvalue weighted by molar-refractivity contribution is -0.137. The monoisotopic (exact) mass is 432 g/mol. The van der Waals surface area contributed by atoms with Gasteiger partial charge in [0, 0.05) is 11.9 Å². The summed E-state index contributed by atoms with van der Waals surface area (Å²) in [5, 5.41) is 3.63. The highest BCUT2D eigenvalue weighted by atomic mass is 19.4. The Hall–Kier alpha value is -3.36. The van der Waals surface area contributed by atoms with E-state index in [0.29, 0.717) is 34.6 Å². The maximum absolute atomic E-state index is 12.7. The van der Waals surface area contributed by atoms with E-state index in [-0.39, 0.29) is 12.1 Å². The van der Waals surface area contributed by atoms with Gasteiger partial charge < -0.3 is 15.8 Å². The van der Waals surface area contributed by atoms with Crippen LogP contribution >= 0.6 is 0 Å². The Balaban J connectivity index is 1.85. The Labute approximate surface area is 177 Å². The van der Waals surface area contributed by atoms with Gasteiger partial charge in [-0.1, -0.05) is 31.9 Å². The molecule has 9 heteroatoms. The number of nitrogens with one attached hydrogen (secondary N) is 1. The van der Waals surface area contributed by atoms with E-state index >= 15 is 0 Å². The third-order valence-electron chi connectivity index (χ3n) is 4.74. The number of fused-ring (bicyclic) bond motifs is 1. The molecule has 1 heterocycles. The first-order valence-corrected chi connectivity index (χ1v) is 9.91. The number of benzene rings is 2. The Kier molecular flexibility index (Phi) is 6.94. The predicted molar refractivity (Wildman–Crippen MR) is 112 cm³/mol. The van der Waals surface area contributed by atoms with Crippen LogP contribution in [0.1, 0.15) is 47.7 Å². The van der Waals surface area contributed by atoms with E-state index in [1.165, 1.54) is 18.5 Å². The third-order valence-corrected chi connectivity index (χ3v) is 4.74. The number of rotatable bonds is 9. The fraction of sp³-hybridized carbons (Fsp3) is 0.318. The lowest BCUT2D eigenvalue weighted by Crippen LogP contribution is -2.13. The van der Waals surface area contributed by atoms with Crippen molar-refractivity contribution in [3.8, 4) is 5.75 Å². The Morgan fingerprint density at radius 1 is 1.13 bits per heavy atom. The van der Waals surface area contributed by atoms with Crippen molar-refractivity contribution in [2.24, 2.45) is 5.73 Å². The molecule has 1 aromatic heterocycles. The molecule has 0 saturated carbocycles.